The first-order chi connectivity index (χ1) is 9.08. The first-order valence-corrected chi connectivity index (χ1v) is 8.17. The molecule has 1 saturated heterocycles. The molecule has 0 aromatic heterocycles. The molecule has 0 aromatic carbocycles. The number of halogens is 1. The van der Waals surface area contributed by atoms with E-state index < -0.39 is 0 Å². The summed E-state index contributed by atoms with van der Waals surface area (Å²) in [6.07, 6.45) is 9.72. The fraction of sp³-hybridized carbons (Fsp3) is 1.00. The van der Waals surface area contributed by atoms with Crippen LogP contribution in [0.1, 0.15) is 58.8 Å². The molecule has 1 unspecified atom stereocenters. The number of rotatable bonds is 4. The van der Waals surface area contributed by atoms with Crippen LogP contribution in [0.15, 0.2) is 0 Å². The summed E-state index contributed by atoms with van der Waals surface area (Å²) in [7, 11) is 0. The molecule has 0 amide bonds. The zero-order valence-corrected chi connectivity index (χ0v) is 14.1. The number of piperidine rings is 1. The molecule has 0 bridgehead atoms. The fourth-order valence-corrected chi connectivity index (χ4v) is 3.43. The molecule has 2 rings (SSSR count). The van der Waals surface area contributed by atoms with Crippen molar-refractivity contribution in [2.45, 2.75) is 70.9 Å². The average molecular weight is 305 g/mol. The highest BCUT2D eigenvalue weighted by molar-refractivity contribution is 5.85. The van der Waals surface area contributed by atoms with Crippen LogP contribution < -0.4 is 5.73 Å². The van der Waals surface area contributed by atoms with Crippen molar-refractivity contribution in [2.75, 3.05) is 26.2 Å². The molecule has 0 spiro atoms. The smallest absolute Gasteiger partial charge is 0.0597 e. The Kier molecular flexibility index (Phi) is 7.81. The normalized spacial score (nSPS) is 28.6. The van der Waals surface area contributed by atoms with Crippen molar-refractivity contribution in [2.24, 2.45) is 11.1 Å². The third-order valence-corrected chi connectivity index (χ3v) is 4.95. The van der Waals surface area contributed by atoms with Gasteiger partial charge < -0.3 is 15.4 Å². The van der Waals surface area contributed by atoms with Gasteiger partial charge in [-0.3, -0.25) is 0 Å². The van der Waals surface area contributed by atoms with Crippen molar-refractivity contribution < 1.29 is 4.74 Å². The van der Waals surface area contributed by atoms with Crippen LogP contribution in [0.5, 0.6) is 0 Å². The van der Waals surface area contributed by atoms with Gasteiger partial charge in [0.2, 0.25) is 0 Å². The Bertz CT molecular complexity index is 265. The summed E-state index contributed by atoms with van der Waals surface area (Å²) in [6.45, 7) is 8.80. The van der Waals surface area contributed by atoms with Gasteiger partial charge in [-0.25, -0.2) is 0 Å². The van der Waals surface area contributed by atoms with E-state index in [2.05, 4.69) is 18.7 Å². The summed E-state index contributed by atoms with van der Waals surface area (Å²) in [5, 5.41) is 0. The molecule has 1 saturated carbocycles. The van der Waals surface area contributed by atoms with Crippen LogP contribution in [-0.4, -0.2) is 43.3 Å². The van der Waals surface area contributed by atoms with Crippen LogP contribution in [0.25, 0.3) is 0 Å². The van der Waals surface area contributed by atoms with Crippen LogP contribution in [0.2, 0.25) is 0 Å². The number of nitrogens with two attached hydrogens (primary N) is 1. The largest absolute Gasteiger partial charge is 0.377 e. The van der Waals surface area contributed by atoms with E-state index in [0.29, 0.717) is 12.1 Å². The Balaban J connectivity index is 0.00000200. The SMILES string of the molecule is CC1(C)CN(CCOC2CCCCCC2)CCC1N.Cl. The first-order valence-electron chi connectivity index (χ1n) is 8.17. The summed E-state index contributed by atoms with van der Waals surface area (Å²) in [4.78, 5) is 2.53. The standard InChI is InChI=1S/C16H32N2O.ClH/c1-16(2)13-18(10-9-15(16)17)11-12-19-14-7-5-3-4-6-8-14;/h14-15H,3-13,17H2,1-2H3;1H. The molecule has 2 N–H and O–H groups in total. The maximum absolute atomic E-state index is 6.18. The van der Waals surface area contributed by atoms with Gasteiger partial charge in [-0.15, -0.1) is 12.4 Å². The molecular formula is C16H33ClN2O. The molecule has 120 valence electrons. The topological polar surface area (TPSA) is 38.5 Å². The summed E-state index contributed by atoms with van der Waals surface area (Å²) < 4.78 is 6.09. The zero-order chi connectivity index (χ0) is 13.7. The van der Waals surface area contributed by atoms with E-state index >= 15 is 0 Å². The molecule has 2 fully saturated rings. The Morgan fingerprint density at radius 2 is 1.75 bits per heavy atom. The van der Waals surface area contributed by atoms with Crippen molar-refractivity contribution in [3.05, 3.63) is 0 Å². The molecule has 20 heavy (non-hydrogen) atoms. The Hall–Kier alpha value is 0.170. The van der Waals surface area contributed by atoms with Gasteiger partial charge >= 0.3 is 0 Å². The van der Waals surface area contributed by atoms with Crippen LogP contribution in [0, 0.1) is 5.41 Å². The number of hydrogen-bond acceptors (Lipinski definition) is 3. The lowest BCUT2D eigenvalue weighted by Crippen LogP contribution is -2.53. The fourth-order valence-electron chi connectivity index (χ4n) is 3.43. The Morgan fingerprint density at radius 1 is 1.10 bits per heavy atom. The Morgan fingerprint density at radius 3 is 2.35 bits per heavy atom. The van der Waals surface area contributed by atoms with E-state index in [1.807, 2.05) is 0 Å². The summed E-state index contributed by atoms with van der Waals surface area (Å²) in [5.74, 6) is 0. The molecule has 1 heterocycles. The highest BCUT2D eigenvalue weighted by atomic mass is 35.5. The van der Waals surface area contributed by atoms with Gasteiger partial charge in [-0.1, -0.05) is 39.5 Å². The van der Waals surface area contributed by atoms with E-state index in [-0.39, 0.29) is 17.8 Å². The van der Waals surface area contributed by atoms with Gasteiger partial charge in [0.05, 0.1) is 12.7 Å². The third kappa shape index (κ3) is 5.51. The van der Waals surface area contributed by atoms with Gasteiger partial charge in [0.15, 0.2) is 0 Å². The van der Waals surface area contributed by atoms with E-state index in [4.69, 9.17) is 10.5 Å². The average Bonchev–Trinajstić information content (AvgIpc) is 2.62. The summed E-state index contributed by atoms with van der Waals surface area (Å²) in [6, 6.07) is 0.353. The molecule has 1 atom stereocenters. The van der Waals surface area contributed by atoms with Crippen LogP contribution in [0.4, 0.5) is 0 Å². The van der Waals surface area contributed by atoms with Crippen LogP contribution in [0.3, 0.4) is 0 Å². The van der Waals surface area contributed by atoms with Gasteiger partial charge in [0, 0.05) is 19.1 Å². The van der Waals surface area contributed by atoms with Crippen molar-refractivity contribution in [1.29, 1.82) is 0 Å². The maximum Gasteiger partial charge on any atom is 0.0597 e. The second-order valence-electron chi connectivity index (χ2n) is 7.14. The minimum Gasteiger partial charge on any atom is -0.377 e. The molecule has 4 heteroatoms. The maximum atomic E-state index is 6.18. The molecule has 1 aliphatic carbocycles. The molecule has 0 aromatic rings. The highest BCUT2D eigenvalue weighted by Gasteiger charge is 2.33. The van der Waals surface area contributed by atoms with Crippen molar-refractivity contribution in [3.8, 4) is 0 Å². The second kappa shape index (κ2) is 8.57. The minimum atomic E-state index is 0. The highest BCUT2D eigenvalue weighted by Crippen LogP contribution is 2.27. The van der Waals surface area contributed by atoms with Gasteiger partial charge in [0.25, 0.3) is 0 Å². The first kappa shape index (κ1) is 18.2. The number of ether oxygens (including phenoxy) is 1. The number of nitrogens with zero attached hydrogens (tertiary/aromatic N) is 1. The second-order valence-corrected chi connectivity index (χ2v) is 7.14. The quantitative estimate of drug-likeness (QED) is 0.811. The monoisotopic (exact) mass is 304 g/mol. The van der Waals surface area contributed by atoms with Crippen molar-refractivity contribution in [3.63, 3.8) is 0 Å². The van der Waals surface area contributed by atoms with Gasteiger partial charge in [0.1, 0.15) is 0 Å². The van der Waals surface area contributed by atoms with Gasteiger partial charge in [-0.05, 0) is 31.2 Å². The third-order valence-electron chi connectivity index (χ3n) is 4.95. The van der Waals surface area contributed by atoms with E-state index in [1.165, 1.54) is 38.5 Å². The summed E-state index contributed by atoms with van der Waals surface area (Å²) in [5.41, 5.74) is 6.43. The molecule has 2 aliphatic rings. The number of hydrogen-bond donors (Lipinski definition) is 1. The lowest BCUT2D eigenvalue weighted by Gasteiger charge is -2.42. The van der Waals surface area contributed by atoms with E-state index in [9.17, 15) is 0 Å². The summed E-state index contributed by atoms with van der Waals surface area (Å²) >= 11 is 0. The molecule has 0 radical (unpaired) electrons. The van der Waals surface area contributed by atoms with Crippen molar-refractivity contribution >= 4 is 12.4 Å². The minimum absolute atomic E-state index is 0. The van der Waals surface area contributed by atoms with E-state index in [1.54, 1.807) is 0 Å². The van der Waals surface area contributed by atoms with E-state index in [0.717, 1.165) is 32.7 Å². The predicted octanol–water partition coefficient (Wildman–Crippen LogP) is 3.21. The lowest BCUT2D eigenvalue weighted by atomic mass is 9.80. The Labute approximate surface area is 131 Å². The molecule has 1 aliphatic heterocycles. The van der Waals surface area contributed by atoms with Gasteiger partial charge in [-0.2, -0.15) is 0 Å². The lowest BCUT2D eigenvalue weighted by molar-refractivity contribution is 0.0118. The predicted molar refractivity (Wildman–Crippen MR) is 87.5 cm³/mol. The molecule has 3 nitrogen and oxygen atoms in total. The number of likely N-dealkylation sites (tertiary alicyclic amines) is 1. The zero-order valence-electron chi connectivity index (χ0n) is 13.3. The van der Waals surface area contributed by atoms with Crippen LogP contribution >= 0.6 is 12.4 Å². The molecular weight excluding hydrogens is 272 g/mol. The van der Waals surface area contributed by atoms with Crippen molar-refractivity contribution in [1.82, 2.24) is 4.90 Å². The van der Waals surface area contributed by atoms with Crippen LogP contribution in [-0.2, 0) is 4.74 Å².